The molecule has 1 aliphatic rings. The monoisotopic (exact) mass is 535 g/mol. The first-order valence-corrected chi connectivity index (χ1v) is 13.3. The van der Waals surface area contributed by atoms with Crippen LogP contribution >= 0.6 is 0 Å². The quantitative estimate of drug-likeness (QED) is 0.181. The molecule has 1 unspecified atom stereocenters. The van der Waals surface area contributed by atoms with E-state index in [-0.39, 0.29) is 22.2 Å². The number of non-ortho nitro benzene ring substituents is 1. The second-order valence-corrected chi connectivity index (χ2v) is 10.3. The molecule has 41 heavy (non-hydrogen) atoms. The van der Waals surface area contributed by atoms with Crippen molar-refractivity contribution in [3.63, 3.8) is 0 Å². The summed E-state index contributed by atoms with van der Waals surface area (Å²) in [5, 5.41) is 21.9. The maximum atomic E-state index is 13.8. The number of nitrogens with zero attached hydrogens (tertiary/aromatic N) is 5. The minimum atomic E-state index is -0.371. The molecule has 7 aromatic rings. The average molecular weight is 536 g/mol. The summed E-state index contributed by atoms with van der Waals surface area (Å²) in [4.78, 5) is 29.8. The molecule has 8 rings (SSSR count). The number of hydrogen-bond donors (Lipinski definition) is 0. The van der Waals surface area contributed by atoms with Gasteiger partial charge in [0.25, 0.3) is 11.2 Å². The molecule has 0 N–H and O–H groups in total. The molecule has 2 aromatic heterocycles. The maximum absolute atomic E-state index is 13.8. The van der Waals surface area contributed by atoms with E-state index in [4.69, 9.17) is 10.1 Å². The van der Waals surface area contributed by atoms with Gasteiger partial charge < -0.3 is 0 Å². The molecule has 0 saturated heterocycles. The van der Waals surface area contributed by atoms with Crippen LogP contribution in [0.2, 0.25) is 0 Å². The zero-order chi connectivity index (χ0) is 27.7. The minimum Gasteiger partial charge on any atom is -0.268 e. The Morgan fingerprint density at radius 3 is 2.44 bits per heavy atom. The van der Waals surface area contributed by atoms with Crippen LogP contribution in [0.25, 0.3) is 38.2 Å². The van der Waals surface area contributed by atoms with Crippen molar-refractivity contribution in [1.82, 2.24) is 9.38 Å². The summed E-state index contributed by atoms with van der Waals surface area (Å²) in [5.41, 5.74) is 5.64. The molecule has 0 saturated carbocycles. The average Bonchev–Trinajstić information content (AvgIpc) is 3.63. The Kier molecular flexibility index (Phi) is 4.93. The molecule has 0 aliphatic carbocycles. The van der Waals surface area contributed by atoms with Gasteiger partial charge in [0, 0.05) is 40.3 Å². The highest BCUT2D eigenvalue weighted by molar-refractivity contribution is 6.22. The molecule has 0 spiro atoms. The zero-order valence-corrected chi connectivity index (χ0v) is 21.6. The molecule has 196 valence electrons. The highest BCUT2D eigenvalue weighted by Crippen LogP contribution is 2.40. The lowest BCUT2D eigenvalue weighted by Crippen LogP contribution is -2.18. The zero-order valence-electron chi connectivity index (χ0n) is 21.6. The molecule has 8 heteroatoms. The lowest BCUT2D eigenvalue weighted by Gasteiger charge is -2.23. The molecule has 1 atom stereocenters. The van der Waals surface area contributed by atoms with Crippen molar-refractivity contribution in [1.29, 1.82) is 0 Å². The van der Waals surface area contributed by atoms with Crippen LogP contribution in [0.5, 0.6) is 0 Å². The Morgan fingerprint density at radius 2 is 1.59 bits per heavy atom. The Hall–Kier alpha value is -5.63. The number of benzene rings is 5. The van der Waals surface area contributed by atoms with E-state index >= 15 is 0 Å². The molecule has 0 radical (unpaired) electrons. The molecule has 0 bridgehead atoms. The summed E-state index contributed by atoms with van der Waals surface area (Å²) in [6.45, 7) is 0. The van der Waals surface area contributed by atoms with Crippen LogP contribution in [0.4, 0.5) is 11.4 Å². The van der Waals surface area contributed by atoms with Crippen molar-refractivity contribution in [2.45, 2.75) is 12.5 Å². The number of hydrogen-bond acceptors (Lipinski definition) is 6. The molecule has 1 aliphatic heterocycles. The molecule has 3 heterocycles. The van der Waals surface area contributed by atoms with Crippen LogP contribution in [0, 0.1) is 10.1 Å². The summed E-state index contributed by atoms with van der Waals surface area (Å²) in [7, 11) is 0. The SMILES string of the molecule is O=c1c2ccc(C3=NN(c4ccccc4)C(c4cccc([N+](=O)[O-])c4)C3)c3cccc(c32)c2nc3ccccc3n12. The van der Waals surface area contributed by atoms with Crippen molar-refractivity contribution in [2.75, 3.05) is 5.01 Å². The maximum Gasteiger partial charge on any atom is 0.269 e. The van der Waals surface area contributed by atoms with Crippen molar-refractivity contribution in [3.05, 3.63) is 141 Å². The van der Waals surface area contributed by atoms with Gasteiger partial charge in [0.05, 0.1) is 33.4 Å². The predicted molar refractivity (Wildman–Crippen MR) is 161 cm³/mol. The van der Waals surface area contributed by atoms with Gasteiger partial charge in [0.2, 0.25) is 0 Å². The van der Waals surface area contributed by atoms with E-state index < -0.39 is 0 Å². The van der Waals surface area contributed by atoms with Crippen LogP contribution < -0.4 is 10.6 Å². The number of fused-ring (bicyclic) bond motifs is 4. The molecule has 5 aromatic carbocycles. The third-order valence-corrected chi connectivity index (χ3v) is 7.98. The number of nitro groups is 1. The molecule has 8 nitrogen and oxygen atoms in total. The van der Waals surface area contributed by atoms with Gasteiger partial charge in [-0.05, 0) is 41.3 Å². The first-order chi connectivity index (χ1) is 20.1. The van der Waals surface area contributed by atoms with Gasteiger partial charge in [-0.3, -0.25) is 24.3 Å². The van der Waals surface area contributed by atoms with E-state index in [0.29, 0.717) is 17.5 Å². The van der Waals surface area contributed by atoms with E-state index in [2.05, 4.69) is 0 Å². The second kappa shape index (κ2) is 8.69. The smallest absolute Gasteiger partial charge is 0.268 e. The number of para-hydroxylation sites is 3. The van der Waals surface area contributed by atoms with Crippen LogP contribution in [0.1, 0.15) is 23.6 Å². The van der Waals surface area contributed by atoms with E-state index in [9.17, 15) is 14.9 Å². The van der Waals surface area contributed by atoms with Gasteiger partial charge >= 0.3 is 0 Å². The number of nitro benzene ring substituents is 1. The number of imidazole rings is 1. The number of hydrazone groups is 1. The molecule has 0 amide bonds. The summed E-state index contributed by atoms with van der Waals surface area (Å²) < 4.78 is 1.70. The van der Waals surface area contributed by atoms with Crippen LogP contribution in [-0.4, -0.2) is 20.0 Å². The van der Waals surface area contributed by atoms with Gasteiger partial charge in [0.1, 0.15) is 5.65 Å². The number of aromatic nitrogens is 2. The van der Waals surface area contributed by atoms with Gasteiger partial charge in [-0.1, -0.05) is 66.7 Å². The fourth-order valence-electron chi connectivity index (χ4n) is 6.15. The van der Waals surface area contributed by atoms with Gasteiger partial charge in [-0.15, -0.1) is 0 Å². The Morgan fingerprint density at radius 1 is 0.805 bits per heavy atom. The third kappa shape index (κ3) is 3.44. The van der Waals surface area contributed by atoms with Crippen molar-refractivity contribution in [2.24, 2.45) is 5.10 Å². The fraction of sp³-hybridized carbons (Fsp3) is 0.0606. The van der Waals surface area contributed by atoms with Crippen molar-refractivity contribution >= 4 is 55.3 Å². The van der Waals surface area contributed by atoms with Crippen LogP contribution in [0.3, 0.4) is 0 Å². The fourth-order valence-corrected chi connectivity index (χ4v) is 6.15. The van der Waals surface area contributed by atoms with Crippen molar-refractivity contribution < 1.29 is 4.92 Å². The van der Waals surface area contributed by atoms with Gasteiger partial charge in [-0.25, -0.2) is 4.98 Å². The molecular weight excluding hydrogens is 514 g/mol. The standard InChI is InChI=1S/C33H21N5O3/c39-33-26-17-16-23(24-12-7-13-25(31(24)26)32-34-27-14-4-5-15-29(27)36(32)33)28-19-30(20-8-6-11-22(18-20)38(40)41)37(35-28)21-9-2-1-3-10-21/h1-18,30H,19H2. The van der Waals surface area contributed by atoms with E-state index in [1.807, 2.05) is 96.0 Å². The van der Waals surface area contributed by atoms with E-state index in [1.54, 1.807) is 16.5 Å². The highest BCUT2D eigenvalue weighted by atomic mass is 16.6. The van der Waals surface area contributed by atoms with Crippen LogP contribution in [-0.2, 0) is 0 Å². The summed E-state index contributed by atoms with van der Waals surface area (Å²) in [5.74, 6) is 0. The van der Waals surface area contributed by atoms with Gasteiger partial charge in [-0.2, -0.15) is 5.10 Å². The lowest BCUT2D eigenvalue weighted by atomic mass is 9.92. The van der Waals surface area contributed by atoms with Gasteiger partial charge in [0.15, 0.2) is 0 Å². The first kappa shape index (κ1) is 23.3. The second-order valence-electron chi connectivity index (χ2n) is 10.3. The van der Waals surface area contributed by atoms with Crippen molar-refractivity contribution in [3.8, 4) is 0 Å². The van der Waals surface area contributed by atoms with E-state index in [1.165, 1.54) is 6.07 Å². The number of pyridine rings is 1. The Balaban J connectivity index is 1.34. The summed E-state index contributed by atoms with van der Waals surface area (Å²) in [6.07, 6.45) is 0.543. The number of rotatable bonds is 4. The largest absolute Gasteiger partial charge is 0.269 e. The number of anilines is 1. The lowest BCUT2D eigenvalue weighted by molar-refractivity contribution is -0.384. The first-order valence-electron chi connectivity index (χ1n) is 13.3. The minimum absolute atomic E-state index is 0.0481. The topological polar surface area (TPSA) is 93.1 Å². The Labute approximate surface area is 232 Å². The van der Waals surface area contributed by atoms with E-state index in [0.717, 1.165) is 49.7 Å². The highest BCUT2D eigenvalue weighted by Gasteiger charge is 2.32. The summed E-state index contributed by atoms with van der Waals surface area (Å²) >= 11 is 0. The van der Waals surface area contributed by atoms with Crippen LogP contribution in [0.15, 0.2) is 119 Å². The molecular formula is C33H21N5O3. The predicted octanol–water partition coefficient (Wildman–Crippen LogP) is 6.86. The molecule has 0 fully saturated rings. The summed E-state index contributed by atoms with van der Waals surface area (Å²) in [6, 6.07) is 33.9. The normalized spacial score (nSPS) is 15.4. The Bertz CT molecular complexity index is 2260. The third-order valence-electron chi connectivity index (χ3n) is 7.98.